The third-order valence-electron chi connectivity index (χ3n) is 3.63. The largest absolute Gasteiger partial charge is 0.355 e. The van der Waals surface area contributed by atoms with Gasteiger partial charge in [-0.1, -0.05) is 41.9 Å². The Balaban J connectivity index is 2.14. The zero-order valence-electron chi connectivity index (χ0n) is 11.4. The van der Waals surface area contributed by atoms with Gasteiger partial charge in [0.1, 0.15) is 0 Å². The van der Waals surface area contributed by atoms with Gasteiger partial charge in [0.2, 0.25) is 0 Å². The van der Waals surface area contributed by atoms with E-state index >= 15 is 0 Å². The van der Waals surface area contributed by atoms with E-state index in [2.05, 4.69) is 10.0 Å². The lowest BCUT2D eigenvalue weighted by atomic mass is 10.1. The molecule has 1 N–H and O–H groups in total. The molecule has 1 saturated carbocycles. The van der Waals surface area contributed by atoms with E-state index in [1.807, 2.05) is 18.2 Å². The third kappa shape index (κ3) is 4.18. The van der Waals surface area contributed by atoms with Crippen molar-refractivity contribution in [2.45, 2.75) is 37.3 Å². The van der Waals surface area contributed by atoms with Gasteiger partial charge in [-0.05, 0) is 23.9 Å². The SMILES string of the molecule is [N-]=[N+]=NC1CCCC1C(OCc1ccccc1)S(=O)(=O)O. The molecule has 2 rings (SSSR count). The van der Waals surface area contributed by atoms with E-state index in [4.69, 9.17) is 10.3 Å². The summed E-state index contributed by atoms with van der Waals surface area (Å²) in [6, 6.07) is 8.64. The maximum Gasteiger partial charge on any atom is 0.292 e. The molecule has 3 unspecified atom stereocenters. The first-order valence-corrected chi connectivity index (χ1v) is 8.18. The van der Waals surface area contributed by atoms with Crippen molar-refractivity contribution >= 4 is 10.1 Å². The van der Waals surface area contributed by atoms with Crippen LogP contribution in [0.2, 0.25) is 0 Å². The van der Waals surface area contributed by atoms with Crippen LogP contribution in [0.3, 0.4) is 0 Å². The van der Waals surface area contributed by atoms with Gasteiger partial charge in [0.15, 0.2) is 5.44 Å². The molecule has 0 bridgehead atoms. The fourth-order valence-corrected chi connectivity index (χ4v) is 3.68. The predicted molar refractivity (Wildman–Crippen MR) is 76.8 cm³/mol. The van der Waals surface area contributed by atoms with Gasteiger partial charge in [-0.2, -0.15) is 8.42 Å². The van der Waals surface area contributed by atoms with Crippen molar-refractivity contribution in [1.82, 2.24) is 0 Å². The molecule has 0 spiro atoms. The van der Waals surface area contributed by atoms with Gasteiger partial charge >= 0.3 is 0 Å². The highest BCUT2D eigenvalue weighted by Crippen LogP contribution is 2.34. The highest BCUT2D eigenvalue weighted by molar-refractivity contribution is 7.86. The van der Waals surface area contributed by atoms with E-state index in [-0.39, 0.29) is 6.61 Å². The number of hydrogen-bond acceptors (Lipinski definition) is 4. The van der Waals surface area contributed by atoms with Crippen LogP contribution in [0.25, 0.3) is 10.4 Å². The van der Waals surface area contributed by atoms with Crippen LogP contribution in [0.1, 0.15) is 24.8 Å². The second-order valence-electron chi connectivity index (χ2n) is 5.05. The molecule has 21 heavy (non-hydrogen) atoms. The van der Waals surface area contributed by atoms with Crippen molar-refractivity contribution < 1.29 is 17.7 Å². The minimum absolute atomic E-state index is 0.0742. The molecule has 0 saturated heterocycles. The smallest absolute Gasteiger partial charge is 0.292 e. The number of rotatable bonds is 6. The van der Waals surface area contributed by atoms with Gasteiger partial charge in [0, 0.05) is 16.9 Å². The van der Waals surface area contributed by atoms with Crippen LogP contribution < -0.4 is 0 Å². The Morgan fingerprint density at radius 2 is 2.10 bits per heavy atom. The normalized spacial score (nSPS) is 23.5. The number of hydrogen-bond donors (Lipinski definition) is 1. The van der Waals surface area contributed by atoms with Crippen molar-refractivity contribution in [3.05, 3.63) is 46.3 Å². The summed E-state index contributed by atoms with van der Waals surface area (Å²) in [5.41, 5.74) is 7.99. The molecule has 1 aliphatic rings. The molecule has 0 heterocycles. The van der Waals surface area contributed by atoms with Crippen LogP contribution in [0.15, 0.2) is 35.4 Å². The lowest BCUT2D eigenvalue weighted by Gasteiger charge is -2.24. The molecule has 1 aromatic rings. The van der Waals surface area contributed by atoms with Crippen LogP contribution in [0.5, 0.6) is 0 Å². The Bertz CT molecular complexity index is 614. The Morgan fingerprint density at radius 3 is 2.71 bits per heavy atom. The summed E-state index contributed by atoms with van der Waals surface area (Å²) >= 11 is 0. The summed E-state index contributed by atoms with van der Waals surface area (Å²) in [5, 5.41) is 3.62. The zero-order valence-corrected chi connectivity index (χ0v) is 12.2. The maximum absolute atomic E-state index is 11.6. The van der Waals surface area contributed by atoms with Crippen molar-refractivity contribution in [3.63, 3.8) is 0 Å². The third-order valence-corrected chi connectivity index (χ3v) is 4.70. The first kappa shape index (κ1) is 15.8. The average molecular weight is 311 g/mol. The Hall–Kier alpha value is -1.60. The van der Waals surface area contributed by atoms with E-state index in [9.17, 15) is 13.0 Å². The predicted octanol–water partition coefficient (Wildman–Crippen LogP) is 2.90. The number of ether oxygens (including phenoxy) is 1. The molecule has 0 amide bonds. The Kier molecular flexibility index (Phi) is 5.19. The molecule has 0 aliphatic heterocycles. The topological polar surface area (TPSA) is 112 Å². The van der Waals surface area contributed by atoms with Crippen LogP contribution in [0.4, 0.5) is 0 Å². The molecule has 3 atom stereocenters. The second-order valence-corrected chi connectivity index (χ2v) is 6.54. The van der Waals surface area contributed by atoms with Crippen LogP contribution >= 0.6 is 0 Å². The van der Waals surface area contributed by atoms with E-state index in [0.29, 0.717) is 12.8 Å². The molecule has 1 aromatic carbocycles. The highest BCUT2D eigenvalue weighted by atomic mass is 32.2. The Labute approximate surface area is 123 Å². The molecule has 0 aromatic heterocycles. The summed E-state index contributed by atoms with van der Waals surface area (Å²) in [7, 11) is -4.38. The molecule has 8 heteroatoms. The van der Waals surface area contributed by atoms with Crippen molar-refractivity contribution in [1.29, 1.82) is 0 Å². The summed E-state index contributed by atoms with van der Waals surface area (Å²) in [4.78, 5) is 2.74. The lowest BCUT2D eigenvalue weighted by molar-refractivity contribution is 0.0457. The molecule has 1 fully saturated rings. The van der Waals surface area contributed by atoms with Crippen LogP contribution in [-0.2, 0) is 21.5 Å². The van der Waals surface area contributed by atoms with E-state index < -0.39 is 27.5 Å². The van der Waals surface area contributed by atoms with Gasteiger partial charge in [-0.15, -0.1) is 0 Å². The van der Waals surface area contributed by atoms with Gasteiger partial charge in [0.05, 0.1) is 6.61 Å². The molecule has 7 nitrogen and oxygen atoms in total. The van der Waals surface area contributed by atoms with Gasteiger partial charge in [0.25, 0.3) is 10.1 Å². The van der Waals surface area contributed by atoms with Gasteiger partial charge in [-0.25, -0.2) is 0 Å². The first-order valence-electron chi connectivity index (χ1n) is 6.68. The summed E-state index contributed by atoms with van der Waals surface area (Å²) in [6.07, 6.45) is 1.90. The Morgan fingerprint density at radius 1 is 1.38 bits per heavy atom. The summed E-state index contributed by atoms with van der Waals surface area (Å²) < 4.78 is 38.0. The lowest BCUT2D eigenvalue weighted by Crippen LogP contribution is -2.35. The quantitative estimate of drug-likeness (QED) is 0.376. The molecule has 114 valence electrons. The van der Waals surface area contributed by atoms with Crippen LogP contribution in [-0.4, -0.2) is 24.4 Å². The maximum atomic E-state index is 11.6. The van der Waals surface area contributed by atoms with Crippen LogP contribution in [0, 0.1) is 5.92 Å². The van der Waals surface area contributed by atoms with Crippen molar-refractivity contribution in [2.75, 3.05) is 0 Å². The monoisotopic (exact) mass is 311 g/mol. The average Bonchev–Trinajstić information content (AvgIpc) is 2.87. The minimum atomic E-state index is -4.38. The minimum Gasteiger partial charge on any atom is -0.355 e. The van der Waals surface area contributed by atoms with E-state index in [0.717, 1.165) is 12.0 Å². The van der Waals surface area contributed by atoms with Crippen molar-refractivity contribution in [2.24, 2.45) is 11.0 Å². The molecular formula is C13H17N3O4S. The molecular weight excluding hydrogens is 294 g/mol. The van der Waals surface area contributed by atoms with E-state index in [1.54, 1.807) is 12.1 Å². The summed E-state index contributed by atoms with van der Waals surface area (Å²) in [5.74, 6) is -0.514. The zero-order chi connectivity index (χ0) is 15.3. The fraction of sp³-hybridized carbons (Fsp3) is 0.538. The molecule has 0 radical (unpaired) electrons. The van der Waals surface area contributed by atoms with Crippen molar-refractivity contribution in [3.8, 4) is 0 Å². The first-order chi connectivity index (χ1) is 10.0. The van der Waals surface area contributed by atoms with Gasteiger partial charge < -0.3 is 4.74 Å². The number of benzene rings is 1. The van der Waals surface area contributed by atoms with E-state index in [1.165, 1.54) is 0 Å². The highest BCUT2D eigenvalue weighted by Gasteiger charge is 2.40. The number of nitrogens with zero attached hydrogens (tertiary/aromatic N) is 3. The number of azide groups is 1. The van der Waals surface area contributed by atoms with Gasteiger partial charge in [-0.3, -0.25) is 4.55 Å². The summed E-state index contributed by atoms with van der Waals surface area (Å²) in [6.45, 7) is 0.0742. The fourth-order valence-electron chi connectivity index (χ4n) is 2.68. The standard InChI is InChI=1S/C13H17N3O4S/c14-16-15-12-8-4-7-11(12)13(21(17,18)19)20-9-10-5-2-1-3-6-10/h1-3,5-6,11-13H,4,7-9H2,(H,17,18,19). The second kappa shape index (κ2) is 6.91. The molecule has 1 aliphatic carbocycles.